The lowest BCUT2D eigenvalue weighted by Gasteiger charge is -2.35. The third-order valence-electron chi connectivity index (χ3n) is 4.36. The number of nitrogens with two attached hydrogens (primary N) is 1. The number of halogens is 2. The fraction of sp³-hybridized carbons (Fsp3) is 0.316. The van der Waals surface area contributed by atoms with Crippen LogP contribution >= 0.6 is 12.4 Å². The zero-order valence-electron chi connectivity index (χ0n) is 13.8. The standard InChI is InChI=1S/C19H21FN2O2.ClH/c20-16-8-6-15(7-9-16)18-13-22(10-11-24-18)19(23)17(12-21)14-4-2-1-3-5-14;/h1-9,17-18H,10-13,21H2;1H. The summed E-state index contributed by atoms with van der Waals surface area (Å²) in [5, 5.41) is 0. The molecule has 0 bridgehead atoms. The van der Waals surface area contributed by atoms with Gasteiger partial charge in [-0.15, -0.1) is 12.4 Å². The molecule has 2 N–H and O–H groups in total. The highest BCUT2D eigenvalue weighted by molar-refractivity contribution is 5.85. The highest BCUT2D eigenvalue weighted by atomic mass is 35.5. The van der Waals surface area contributed by atoms with Gasteiger partial charge in [0.2, 0.25) is 5.91 Å². The van der Waals surface area contributed by atoms with Crippen molar-refractivity contribution in [1.29, 1.82) is 0 Å². The van der Waals surface area contributed by atoms with Crippen LogP contribution in [0, 0.1) is 5.82 Å². The summed E-state index contributed by atoms with van der Waals surface area (Å²) >= 11 is 0. The zero-order valence-corrected chi connectivity index (χ0v) is 14.6. The molecule has 1 heterocycles. The number of rotatable bonds is 4. The van der Waals surface area contributed by atoms with E-state index >= 15 is 0 Å². The second-order valence-electron chi connectivity index (χ2n) is 5.89. The first-order valence-electron chi connectivity index (χ1n) is 8.10. The number of carbonyl (C=O) groups is 1. The van der Waals surface area contributed by atoms with Crippen LogP contribution in [0.25, 0.3) is 0 Å². The van der Waals surface area contributed by atoms with Crippen LogP contribution in [0.5, 0.6) is 0 Å². The Morgan fingerprint density at radius 2 is 1.88 bits per heavy atom. The average molecular weight is 365 g/mol. The van der Waals surface area contributed by atoms with Gasteiger partial charge in [-0.1, -0.05) is 42.5 Å². The van der Waals surface area contributed by atoms with Crippen molar-refractivity contribution < 1.29 is 13.9 Å². The van der Waals surface area contributed by atoms with Gasteiger partial charge in [0.25, 0.3) is 0 Å². The minimum Gasteiger partial charge on any atom is -0.370 e. The summed E-state index contributed by atoms with van der Waals surface area (Å²) in [6, 6.07) is 15.8. The molecule has 0 radical (unpaired) electrons. The molecule has 2 aromatic rings. The van der Waals surface area contributed by atoms with Crippen molar-refractivity contribution in [3.8, 4) is 0 Å². The molecule has 1 saturated heterocycles. The molecule has 2 unspecified atom stereocenters. The van der Waals surface area contributed by atoms with Gasteiger partial charge in [0, 0.05) is 13.1 Å². The van der Waals surface area contributed by atoms with Gasteiger partial charge in [-0.05, 0) is 23.3 Å². The van der Waals surface area contributed by atoms with Crippen LogP contribution in [0.15, 0.2) is 54.6 Å². The van der Waals surface area contributed by atoms with Crippen molar-refractivity contribution in [3.63, 3.8) is 0 Å². The molecule has 1 aliphatic rings. The number of benzene rings is 2. The number of nitrogens with zero attached hydrogens (tertiary/aromatic N) is 1. The molecule has 0 spiro atoms. The highest BCUT2D eigenvalue weighted by Crippen LogP contribution is 2.25. The summed E-state index contributed by atoms with van der Waals surface area (Å²) in [4.78, 5) is 14.7. The summed E-state index contributed by atoms with van der Waals surface area (Å²) in [5.74, 6) is -0.618. The second-order valence-corrected chi connectivity index (χ2v) is 5.89. The van der Waals surface area contributed by atoms with Crippen molar-refractivity contribution in [3.05, 3.63) is 71.5 Å². The lowest BCUT2D eigenvalue weighted by atomic mass is 9.97. The fourth-order valence-electron chi connectivity index (χ4n) is 3.01. The Morgan fingerprint density at radius 3 is 2.52 bits per heavy atom. The Bertz CT molecular complexity index is 682. The topological polar surface area (TPSA) is 55.6 Å². The van der Waals surface area contributed by atoms with Crippen molar-refractivity contribution in [2.75, 3.05) is 26.2 Å². The van der Waals surface area contributed by atoms with Gasteiger partial charge in [-0.3, -0.25) is 4.79 Å². The van der Waals surface area contributed by atoms with Crippen LogP contribution < -0.4 is 5.73 Å². The van der Waals surface area contributed by atoms with Crippen LogP contribution in [0.2, 0.25) is 0 Å². The number of hydrogen-bond acceptors (Lipinski definition) is 3. The molecule has 1 amide bonds. The van der Waals surface area contributed by atoms with E-state index in [0.29, 0.717) is 19.7 Å². The molecule has 1 fully saturated rings. The summed E-state index contributed by atoms with van der Waals surface area (Å²) < 4.78 is 18.8. The van der Waals surface area contributed by atoms with Gasteiger partial charge in [-0.25, -0.2) is 4.39 Å². The first-order valence-corrected chi connectivity index (χ1v) is 8.10. The maximum absolute atomic E-state index is 13.1. The van der Waals surface area contributed by atoms with Gasteiger partial charge in [-0.2, -0.15) is 0 Å². The molecule has 6 heteroatoms. The SMILES string of the molecule is Cl.NCC(C(=O)N1CCOC(c2ccc(F)cc2)C1)c1ccccc1. The minimum atomic E-state index is -0.349. The van der Waals surface area contributed by atoms with Crippen molar-refractivity contribution in [2.45, 2.75) is 12.0 Å². The van der Waals surface area contributed by atoms with E-state index in [1.54, 1.807) is 17.0 Å². The maximum atomic E-state index is 13.1. The molecule has 2 aromatic carbocycles. The monoisotopic (exact) mass is 364 g/mol. The molecule has 0 saturated carbocycles. The smallest absolute Gasteiger partial charge is 0.231 e. The van der Waals surface area contributed by atoms with E-state index < -0.39 is 0 Å². The molecule has 0 aromatic heterocycles. The second kappa shape index (κ2) is 8.94. The Labute approximate surface area is 153 Å². The largest absolute Gasteiger partial charge is 0.370 e. The third-order valence-corrected chi connectivity index (χ3v) is 4.36. The molecule has 0 aliphatic carbocycles. The van der Waals surface area contributed by atoms with Gasteiger partial charge in [0.1, 0.15) is 11.9 Å². The zero-order chi connectivity index (χ0) is 16.9. The molecule has 4 nitrogen and oxygen atoms in total. The summed E-state index contributed by atoms with van der Waals surface area (Å²) in [5.41, 5.74) is 7.65. The Hall–Kier alpha value is -1.95. The number of morpholine rings is 1. The minimum absolute atomic E-state index is 0. The van der Waals surface area contributed by atoms with E-state index in [2.05, 4.69) is 0 Å². The van der Waals surface area contributed by atoms with E-state index in [1.807, 2.05) is 30.3 Å². The van der Waals surface area contributed by atoms with Crippen LogP contribution in [0.3, 0.4) is 0 Å². The van der Waals surface area contributed by atoms with Crippen LogP contribution in [0.1, 0.15) is 23.1 Å². The van der Waals surface area contributed by atoms with Gasteiger partial charge in [0.15, 0.2) is 0 Å². The molecule has 2 atom stereocenters. The van der Waals surface area contributed by atoms with Crippen LogP contribution in [0.4, 0.5) is 4.39 Å². The van der Waals surface area contributed by atoms with Gasteiger partial charge >= 0.3 is 0 Å². The summed E-state index contributed by atoms with van der Waals surface area (Å²) in [6.07, 6.45) is -0.238. The van der Waals surface area contributed by atoms with E-state index in [-0.39, 0.29) is 42.7 Å². The number of carbonyl (C=O) groups excluding carboxylic acids is 1. The van der Waals surface area contributed by atoms with Gasteiger partial charge < -0.3 is 15.4 Å². The van der Waals surface area contributed by atoms with Gasteiger partial charge in [0.05, 0.1) is 19.1 Å². The quantitative estimate of drug-likeness (QED) is 0.907. The molecule has 1 aliphatic heterocycles. The molecule has 3 rings (SSSR count). The maximum Gasteiger partial charge on any atom is 0.231 e. The van der Waals surface area contributed by atoms with Crippen LogP contribution in [-0.4, -0.2) is 37.0 Å². The highest BCUT2D eigenvalue weighted by Gasteiger charge is 2.30. The molecule has 25 heavy (non-hydrogen) atoms. The van der Waals surface area contributed by atoms with Crippen LogP contribution in [-0.2, 0) is 9.53 Å². The lowest BCUT2D eigenvalue weighted by molar-refractivity contribution is -0.140. The van der Waals surface area contributed by atoms with E-state index in [4.69, 9.17) is 10.5 Å². The Kier molecular flexibility index (Phi) is 6.93. The van der Waals surface area contributed by atoms with E-state index in [9.17, 15) is 9.18 Å². The normalized spacial score (nSPS) is 18.3. The third kappa shape index (κ3) is 4.57. The average Bonchev–Trinajstić information content (AvgIpc) is 2.64. The number of ether oxygens (including phenoxy) is 1. The van der Waals surface area contributed by atoms with Crippen molar-refractivity contribution >= 4 is 18.3 Å². The Morgan fingerprint density at radius 1 is 1.20 bits per heavy atom. The predicted molar refractivity (Wildman–Crippen MR) is 97.2 cm³/mol. The molecular weight excluding hydrogens is 343 g/mol. The number of hydrogen-bond donors (Lipinski definition) is 1. The number of amides is 1. The predicted octanol–water partition coefficient (Wildman–Crippen LogP) is 2.89. The first-order chi connectivity index (χ1) is 11.7. The summed E-state index contributed by atoms with van der Waals surface area (Å²) in [6.45, 7) is 1.72. The van der Waals surface area contributed by atoms with E-state index in [0.717, 1.165) is 11.1 Å². The summed E-state index contributed by atoms with van der Waals surface area (Å²) in [7, 11) is 0. The lowest BCUT2D eigenvalue weighted by Crippen LogP contribution is -2.45. The Balaban J connectivity index is 0.00000225. The van der Waals surface area contributed by atoms with Crippen molar-refractivity contribution in [1.82, 2.24) is 4.90 Å². The van der Waals surface area contributed by atoms with Crippen molar-refractivity contribution in [2.24, 2.45) is 5.73 Å². The first kappa shape index (κ1) is 19.4. The molecular formula is C19H22ClFN2O2. The molecule has 134 valence electrons. The fourth-order valence-corrected chi connectivity index (χ4v) is 3.01. The van der Waals surface area contributed by atoms with E-state index in [1.165, 1.54) is 12.1 Å².